The highest BCUT2D eigenvalue weighted by molar-refractivity contribution is 6.05. The number of piperidine rings is 1. The molecule has 0 bridgehead atoms. The second kappa shape index (κ2) is 9.59. The van der Waals surface area contributed by atoms with E-state index in [2.05, 4.69) is 4.98 Å². The first-order valence-corrected chi connectivity index (χ1v) is 10.3. The van der Waals surface area contributed by atoms with E-state index < -0.39 is 0 Å². The van der Waals surface area contributed by atoms with Crippen molar-refractivity contribution in [1.82, 2.24) is 9.88 Å². The summed E-state index contributed by atoms with van der Waals surface area (Å²) in [7, 11) is 1.65. The summed E-state index contributed by atoms with van der Waals surface area (Å²) < 4.78 is 16.8. The number of hydrogen-bond donors (Lipinski definition) is 0. The number of carbonyl (C=O) groups excluding carboxylic acids is 1. The third kappa shape index (κ3) is 4.71. The van der Waals surface area contributed by atoms with Gasteiger partial charge < -0.3 is 19.1 Å². The van der Waals surface area contributed by atoms with Crippen LogP contribution in [0.1, 0.15) is 23.2 Å². The number of benzene rings is 2. The first-order valence-electron chi connectivity index (χ1n) is 10.3. The van der Waals surface area contributed by atoms with Crippen LogP contribution in [-0.4, -0.2) is 55.3 Å². The third-order valence-electron chi connectivity index (χ3n) is 5.26. The molecule has 1 saturated heterocycles. The van der Waals surface area contributed by atoms with Crippen LogP contribution in [0.4, 0.5) is 0 Å². The smallest absolute Gasteiger partial charge is 0.256 e. The zero-order valence-electron chi connectivity index (χ0n) is 17.1. The van der Waals surface area contributed by atoms with Gasteiger partial charge in [-0.15, -0.1) is 0 Å². The lowest BCUT2D eigenvalue weighted by atomic mass is 10.0. The lowest BCUT2D eigenvalue weighted by molar-refractivity contribution is 0.0596. The molecular weight excluding hydrogens is 380 g/mol. The standard InChI is InChI=1S/C24H26N2O4/c1-28-15-16-29-20-7-3-8-21(17-20)30-19-10-13-26(14-11-19)24(27)22-9-2-5-18-6-4-12-25-23(18)22/h2-9,12,17,19H,10-11,13-16H2,1H3. The van der Waals surface area contributed by atoms with Crippen LogP contribution in [-0.2, 0) is 4.74 Å². The first kappa shape index (κ1) is 20.2. The fourth-order valence-corrected chi connectivity index (χ4v) is 3.70. The van der Waals surface area contributed by atoms with Gasteiger partial charge in [0.15, 0.2) is 0 Å². The molecule has 0 N–H and O–H groups in total. The number of fused-ring (bicyclic) bond motifs is 1. The van der Waals surface area contributed by atoms with Gasteiger partial charge in [-0.25, -0.2) is 0 Å². The highest BCUT2D eigenvalue weighted by Crippen LogP contribution is 2.25. The van der Waals surface area contributed by atoms with E-state index in [9.17, 15) is 4.79 Å². The molecule has 1 aliphatic heterocycles. The summed E-state index contributed by atoms with van der Waals surface area (Å²) in [5, 5.41) is 0.981. The molecule has 1 fully saturated rings. The largest absolute Gasteiger partial charge is 0.491 e. The Labute approximate surface area is 176 Å². The Morgan fingerprint density at radius 3 is 2.63 bits per heavy atom. The van der Waals surface area contributed by atoms with Crippen molar-refractivity contribution in [3.05, 3.63) is 66.4 Å². The highest BCUT2D eigenvalue weighted by Gasteiger charge is 2.26. The lowest BCUT2D eigenvalue weighted by Gasteiger charge is -2.32. The molecule has 0 saturated carbocycles. The monoisotopic (exact) mass is 406 g/mol. The number of rotatable bonds is 7. The molecule has 0 spiro atoms. The summed E-state index contributed by atoms with van der Waals surface area (Å²) in [6.07, 6.45) is 3.39. The molecule has 1 aromatic heterocycles. The molecule has 2 aromatic carbocycles. The zero-order valence-corrected chi connectivity index (χ0v) is 17.1. The number of pyridine rings is 1. The third-order valence-corrected chi connectivity index (χ3v) is 5.26. The minimum Gasteiger partial charge on any atom is -0.491 e. The van der Waals surface area contributed by atoms with Gasteiger partial charge in [0.2, 0.25) is 0 Å². The second-order valence-corrected chi connectivity index (χ2v) is 7.31. The van der Waals surface area contributed by atoms with Gasteiger partial charge >= 0.3 is 0 Å². The van der Waals surface area contributed by atoms with E-state index in [1.807, 2.05) is 59.5 Å². The first-order chi connectivity index (χ1) is 14.7. The quantitative estimate of drug-likeness (QED) is 0.556. The Hall–Kier alpha value is -3.12. The van der Waals surface area contributed by atoms with Gasteiger partial charge in [0.05, 0.1) is 17.7 Å². The summed E-state index contributed by atoms with van der Waals surface area (Å²) in [4.78, 5) is 19.4. The average Bonchev–Trinajstić information content (AvgIpc) is 2.79. The van der Waals surface area contributed by atoms with E-state index >= 15 is 0 Å². The molecule has 0 radical (unpaired) electrons. The molecule has 0 unspecified atom stereocenters. The maximum atomic E-state index is 13.1. The number of ether oxygens (including phenoxy) is 3. The molecule has 156 valence electrons. The van der Waals surface area contributed by atoms with Crippen molar-refractivity contribution in [2.45, 2.75) is 18.9 Å². The van der Waals surface area contributed by atoms with Crippen molar-refractivity contribution in [1.29, 1.82) is 0 Å². The van der Waals surface area contributed by atoms with Gasteiger partial charge in [-0.05, 0) is 24.3 Å². The Bertz CT molecular complexity index is 994. The number of likely N-dealkylation sites (tertiary alicyclic amines) is 1. The highest BCUT2D eigenvalue weighted by atomic mass is 16.5. The van der Waals surface area contributed by atoms with Crippen LogP contribution in [0, 0.1) is 0 Å². The number of para-hydroxylation sites is 1. The van der Waals surface area contributed by atoms with Gasteiger partial charge in [-0.2, -0.15) is 0 Å². The van der Waals surface area contributed by atoms with Crippen molar-refractivity contribution < 1.29 is 19.0 Å². The summed E-state index contributed by atoms with van der Waals surface area (Å²) in [5.74, 6) is 1.58. The van der Waals surface area contributed by atoms with E-state index in [1.54, 1.807) is 13.3 Å². The van der Waals surface area contributed by atoms with E-state index in [1.165, 1.54) is 0 Å². The molecule has 6 nitrogen and oxygen atoms in total. The van der Waals surface area contributed by atoms with Gasteiger partial charge in [0, 0.05) is 50.7 Å². The molecule has 3 aromatic rings. The fraction of sp³-hybridized carbons (Fsp3) is 0.333. The van der Waals surface area contributed by atoms with Crippen molar-refractivity contribution in [2.75, 3.05) is 33.4 Å². The van der Waals surface area contributed by atoms with Crippen LogP contribution in [0.5, 0.6) is 11.5 Å². The van der Waals surface area contributed by atoms with E-state index in [0.717, 1.165) is 35.2 Å². The van der Waals surface area contributed by atoms with Crippen molar-refractivity contribution in [3.8, 4) is 11.5 Å². The summed E-state index contributed by atoms with van der Waals surface area (Å²) in [6.45, 7) is 2.38. The normalized spacial score (nSPS) is 14.6. The predicted molar refractivity (Wildman–Crippen MR) is 115 cm³/mol. The van der Waals surface area contributed by atoms with Crippen LogP contribution in [0.2, 0.25) is 0 Å². The molecular formula is C24H26N2O4. The number of nitrogens with zero attached hydrogens (tertiary/aromatic N) is 2. The number of amides is 1. The molecule has 2 heterocycles. The molecule has 4 rings (SSSR count). The van der Waals surface area contributed by atoms with Crippen molar-refractivity contribution >= 4 is 16.8 Å². The summed E-state index contributed by atoms with van der Waals surface area (Å²) in [6, 6.07) is 17.3. The van der Waals surface area contributed by atoms with Crippen LogP contribution >= 0.6 is 0 Å². The number of aromatic nitrogens is 1. The Kier molecular flexibility index (Phi) is 6.44. The Morgan fingerprint density at radius 1 is 1.03 bits per heavy atom. The average molecular weight is 406 g/mol. The molecule has 0 aliphatic carbocycles. The van der Waals surface area contributed by atoms with Gasteiger partial charge in [0.25, 0.3) is 5.91 Å². The minimum absolute atomic E-state index is 0.0336. The molecule has 1 amide bonds. The van der Waals surface area contributed by atoms with Gasteiger partial charge in [-0.3, -0.25) is 9.78 Å². The minimum atomic E-state index is 0.0336. The Balaban J connectivity index is 1.35. The fourth-order valence-electron chi connectivity index (χ4n) is 3.70. The van der Waals surface area contributed by atoms with Crippen molar-refractivity contribution in [3.63, 3.8) is 0 Å². The van der Waals surface area contributed by atoms with E-state index in [4.69, 9.17) is 14.2 Å². The number of hydrogen-bond acceptors (Lipinski definition) is 5. The van der Waals surface area contributed by atoms with Crippen molar-refractivity contribution in [2.24, 2.45) is 0 Å². The van der Waals surface area contributed by atoms with Crippen LogP contribution < -0.4 is 9.47 Å². The predicted octanol–water partition coefficient (Wildman–Crippen LogP) is 3.94. The van der Waals surface area contributed by atoms with Crippen LogP contribution in [0.15, 0.2) is 60.8 Å². The van der Waals surface area contributed by atoms with Gasteiger partial charge in [-0.1, -0.05) is 24.3 Å². The lowest BCUT2D eigenvalue weighted by Crippen LogP contribution is -2.41. The summed E-state index contributed by atoms with van der Waals surface area (Å²) in [5.41, 5.74) is 1.42. The van der Waals surface area contributed by atoms with Crippen LogP contribution in [0.3, 0.4) is 0 Å². The Morgan fingerprint density at radius 2 is 1.80 bits per heavy atom. The topological polar surface area (TPSA) is 60.9 Å². The number of carbonyl (C=O) groups is 1. The van der Waals surface area contributed by atoms with Gasteiger partial charge in [0.1, 0.15) is 24.2 Å². The van der Waals surface area contributed by atoms with E-state index in [0.29, 0.717) is 31.9 Å². The SMILES string of the molecule is COCCOc1cccc(OC2CCN(C(=O)c3cccc4cccnc34)CC2)c1. The molecule has 1 aliphatic rings. The maximum absolute atomic E-state index is 13.1. The molecule has 0 atom stereocenters. The van der Waals surface area contributed by atoms with Crippen LogP contribution in [0.25, 0.3) is 10.9 Å². The zero-order chi connectivity index (χ0) is 20.8. The maximum Gasteiger partial charge on any atom is 0.256 e. The molecule has 6 heteroatoms. The number of methoxy groups -OCH3 is 1. The molecule has 30 heavy (non-hydrogen) atoms. The summed E-state index contributed by atoms with van der Waals surface area (Å²) >= 11 is 0. The second-order valence-electron chi connectivity index (χ2n) is 7.31. The van der Waals surface area contributed by atoms with E-state index in [-0.39, 0.29) is 12.0 Å².